The molecule has 0 saturated carbocycles. The predicted octanol–water partition coefficient (Wildman–Crippen LogP) is 4.14. The molecule has 0 saturated heterocycles. The normalized spacial score (nSPS) is 13.4. The Bertz CT molecular complexity index is 304. The number of hydrogen-bond donors (Lipinski definition) is 1. The molecule has 1 atom stereocenters. The van der Waals surface area contributed by atoms with Gasteiger partial charge in [0.25, 0.3) is 0 Å². The first-order chi connectivity index (χ1) is 6.02. The first-order valence-corrected chi connectivity index (χ1v) is 6.02. The van der Waals surface area contributed by atoms with Gasteiger partial charge in [0, 0.05) is 15.6 Å². The lowest BCUT2D eigenvalue weighted by molar-refractivity contribution is 0.199. The van der Waals surface area contributed by atoms with E-state index in [1.807, 2.05) is 0 Å². The number of hydrogen-bond acceptors (Lipinski definition) is 1. The molecular weight excluding hydrogens is 343 g/mol. The van der Waals surface area contributed by atoms with Crippen LogP contribution in [0.5, 0.6) is 0 Å². The van der Waals surface area contributed by atoms with Crippen LogP contribution < -0.4 is 0 Å². The summed E-state index contributed by atoms with van der Waals surface area (Å²) in [4.78, 5) is 0. The van der Waals surface area contributed by atoms with Crippen LogP contribution >= 0.6 is 55.1 Å². The zero-order valence-corrected chi connectivity index (χ0v) is 11.0. The van der Waals surface area contributed by atoms with Crippen LogP contribution in [0.15, 0.2) is 18.2 Å². The summed E-state index contributed by atoms with van der Waals surface area (Å²) in [6.45, 7) is 0. The van der Waals surface area contributed by atoms with Gasteiger partial charge in [-0.25, -0.2) is 0 Å². The molecule has 0 radical (unpaired) electrons. The van der Waals surface area contributed by atoms with Gasteiger partial charge in [-0.15, -0.1) is 0 Å². The van der Waals surface area contributed by atoms with Crippen molar-refractivity contribution in [3.63, 3.8) is 0 Å². The van der Waals surface area contributed by atoms with Gasteiger partial charge in [-0.3, -0.25) is 0 Å². The molecule has 0 aliphatic rings. The summed E-state index contributed by atoms with van der Waals surface area (Å²) in [6, 6.07) is 4.99. The molecule has 0 heterocycles. The largest absolute Gasteiger partial charge is 0.386 e. The average molecular weight is 349 g/mol. The van der Waals surface area contributed by atoms with E-state index in [1.54, 1.807) is 18.2 Å². The summed E-state index contributed by atoms with van der Waals surface area (Å²) in [5.41, 5.74) is 0.643. The minimum absolute atomic E-state index is 0.223. The summed E-state index contributed by atoms with van der Waals surface area (Å²) >= 11 is 18.0. The van der Waals surface area contributed by atoms with Crippen LogP contribution in [0, 0.1) is 0 Å². The van der Waals surface area contributed by atoms with Crippen molar-refractivity contribution in [1.29, 1.82) is 0 Å². The zero-order chi connectivity index (χ0) is 10.0. The Morgan fingerprint density at radius 2 is 1.85 bits per heavy atom. The molecule has 1 aromatic carbocycles. The van der Waals surface area contributed by atoms with Gasteiger partial charge in [-0.2, -0.15) is 0 Å². The van der Waals surface area contributed by atoms with Gasteiger partial charge >= 0.3 is 0 Å². The van der Waals surface area contributed by atoms with Crippen molar-refractivity contribution < 1.29 is 5.11 Å². The number of benzene rings is 1. The standard InChI is InChI=1S/C8H6Br2Cl2O/c9-8(10)7(13)5-2-1-4(11)3-6(5)12/h1-3,7-8,13H/t7-/m1/s1. The Balaban J connectivity index is 3.01. The van der Waals surface area contributed by atoms with Gasteiger partial charge in [0.2, 0.25) is 0 Å². The Morgan fingerprint density at radius 1 is 1.23 bits per heavy atom. The highest BCUT2D eigenvalue weighted by molar-refractivity contribution is 9.24. The van der Waals surface area contributed by atoms with E-state index in [2.05, 4.69) is 31.9 Å². The minimum atomic E-state index is -0.690. The number of rotatable bonds is 2. The minimum Gasteiger partial charge on any atom is -0.386 e. The van der Waals surface area contributed by atoms with Crippen LogP contribution in [0.1, 0.15) is 11.7 Å². The molecule has 0 unspecified atom stereocenters. The SMILES string of the molecule is O[C@H](c1ccc(Cl)cc1Cl)C(Br)Br. The second-order valence-electron chi connectivity index (χ2n) is 2.45. The summed E-state index contributed by atoms with van der Waals surface area (Å²) in [5.74, 6) is 0. The Labute approximate surface area is 103 Å². The van der Waals surface area contributed by atoms with E-state index >= 15 is 0 Å². The number of alkyl halides is 2. The molecule has 1 rings (SSSR count). The van der Waals surface area contributed by atoms with Crippen molar-refractivity contribution >= 4 is 55.1 Å². The number of aliphatic hydroxyl groups is 1. The third-order valence-corrected chi connectivity index (χ3v) is 3.08. The van der Waals surface area contributed by atoms with Crippen molar-refractivity contribution in [2.75, 3.05) is 0 Å². The third kappa shape index (κ3) is 3.10. The smallest absolute Gasteiger partial charge is 0.103 e. The first kappa shape index (κ1) is 11.8. The quantitative estimate of drug-likeness (QED) is 0.796. The number of aliphatic hydroxyl groups excluding tert-OH is 1. The van der Waals surface area contributed by atoms with Crippen LogP contribution in [-0.4, -0.2) is 8.84 Å². The lowest BCUT2D eigenvalue weighted by Gasteiger charge is -2.13. The molecule has 0 fully saturated rings. The summed E-state index contributed by atoms with van der Waals surface area (Å²) in [7, 11) is 0. The van der Waals surface area contributed by atoms with E-state index in [-0.39, 0.29) is 3.74 Å². The molecule has 72 valence electrons. The lowest BCUT2D eigenvalue weighted by atomic mass is 10.1. The van der Waals surface area contributed by atoms with Gasteiger partial charge in [0.15, 0.2) is 0 Å². The van der Waals surface area contributed by atoms with E-state index in [0.29, 0.717) is 15.6 Å². The highest BCUT2D eigenvalue weighted by Crippen LogP contribution is 2.32. The van der Waals surface area contributed by atoms with E-state index in [9.17, 15) is 5.11 Å². The summed E-state index contributed by atoms with van der Waals surface area (Å²) in [5, 5.41) is 10.7. The van der Waals surface area contributed by atoms with Crippen molar-refractivity contribution in [1.82, 2.24) is 0 Å². The van der Waals surface area contributed by atoms with Crippen LogP contribution in [0.3, 0.4) is 0 Å². The molecule has 13 heavy (non-hydrogen) atoms. The molecule has 0 aromatic heterocycles. The van der Waals surface area contributed by atoms with Gasteiger partial charge in [-0.1, -0.05) is 61.1 Å². The molecule has 5 heteroatoms. The molecule has 0 aliphatic carbocycles. The fourth-order valence-electron chi connectivity index (χ4n) is 0.877. The maximum absolute atomic E-state index is 9.65. The highest BCUT2D eigenvalue weighted by Gasteiger charge is 2.17. The van der Waals surface area contributed by atoms with Crippen molar-refractivity contribution in [2.45, 2.75) is 9.84 Å². The van der Waals surface area contributed by atoms with Crippen molar-refractivity contribution in [2.24, 2.45) is 0 Å². The molecular formula is C8H6Br2Cl2O. The molecule has 1 aromatic rings. The summed E-state index contributed by atoms with van der Waals surface area (Å²) < 4.78 is -0.223. The van der Waals surface area contributed by atoms with Gasteiger partial charge < -0.3 is 5.11 Å². The second kappa shape index (κ2) is 4.99. The summed E-state index contributed by atoms with van der Waals surface area (Å²) in [6.07, 6.45) is -0.690. The maximum atomic E-state index is 9.65. The van der Waals surface area contributed by atoms with Crippen LogP contribution in [0.25, 0.3) is 0 Å². The molecule has 1 N–H and O–H groups in total. The lowest BCUT2D eigenvalue weighted by Crippen LogP contribution is -2.05. The average Bonchev–Trinajstić information content (AvgIpc) is 2.03. The maximum Gasteiger partial charge on any atom is 0.103 e. The Kier molecular flexibility index (Phi) is 4.52. The third-order valence-electron chi connectivity index (χ3n) is 1.52. The van der Waals surface area contributed by atoms with Gasteiger partial charge in [-0.05, 0) is 12.1 Å². The van der Waals surface area contributed by atoms with E-state index in [4.69, 9.17) is 23.2 Å². The van der Waals surface area contributed by atoms with Crippen LogP contribution in [-0.2, 0) is 0 Å². The Morgan fingerprint density at radius 3 is 2.31 bits per heavy atom. The van der Waals surface area contributed by atoms with E-state index < -0.39 is 6.10 Å². The van der Waals surface area contributed by atoms with E-state index in [1.165, 1.54) is 0 Å². The van der Waals surface area contributed by atoms with Gasteiger partial charge in [0.1, 0.15) is 6.10 Å². The first-order valence-electron chi connectivity index (χ1n) is 3.43. The fourth-order valence-corrected chi connectivity index (χ4v) is 1.97. The second-order valence-corrected chi connectivity index (χ2v) is 6.49. The van der Waals surface area contributed by atoms with Gasteiger partial charge in [0.05, 0.1) is 3.74 Å². The van der Waals surface area contributed by atoms with Crippen LogP contribution in [0.4, 0.5) is 0 Å². The Hall–Kier alpha value is 0.720. The number of halogens is 4. The molecule has 0 bridgehead atoms. The molecule has 0 amide bonds. The van der Waals surface area contributed by atoms with E-state index in [0.717, 1.165) is 0 Å². The van der Waals surface area contributed by atoms with Crippen molar-refractivity contribution in [3.8, 4) is 0 Å². The fraction of sp³-hybridized carbons (Fsp3) is 0.250. The molecule has 0 spiro atoms. The van der Waals surface area contributed by atoms with Crippen molar-refractivity contribution in [3.05, 3.63) is 33.8 Å². The molecule has 0 aliphatic heterocycles. The predicted molar refractivity (Wildman–Crippen MR) is 63.1 cm³/mol. The van der Waals surface area contributed by atoms with Crippen LogP contribution in [0.2, 0.25) is 10.0 Å². The molecule has 1 nitrogen and oxygen atoms in total. The highest BCUT2D eigenvalue weighted by atomic mass is 79.9. The zero-order valence-electron chi connectivity index (χ0n) is 6.35. The monoisotopic (exact) mass is 346 g/mol. The topological polar surface area (TPSA) is 20.2 Å².